The molecular weight excluding hydrogens is 294 g/mol. The smallest absolute Gasteiger partial charge is 0.132 e. The van der Waals surface area contributed by atoms with Crippen molar-refractivity contribution >= 4 is 27.5 Å². The zero-order valence-corrected chi connectivity index (χ0v) is 10.4. The quantitative estimate of drug-likeness (QED) is 0.762. The molecular formula is C12H7BrClFO. The third kappa shape index (κ3) is 2.06. The average Bonchev–Trinajstić information content (AvgIpc) is 2.25. The Bertz CT molecular complexity index is 543. The molecule has 82 valence electrons. The molecule has 0 atom stereocenters. The third-order valence-electron chi connectivity index (χ3n) is 2.20. The van der Waals surface area contributed by atoms with Gasteiger partial charge in [0, 0.05) is 15.6 Å². The lowest BCUT2D eigenvalue weighted by Gasteiger charge is -2.07. The molecule has 0 aliphatic heterocycles. The molecule has 0 spiro atoms. The minimum absolute atomic E-state index is 0.0276. The predicted octanol–water partition coefficient (Wildman–Crippen LogP) is 4.61. The van der Waals surface area contributed by atoms with E-state index in [0.717, 1.165) is 0 Å². The Kier molecular flexibility index (Phi) is 3.17. The van der Waals surface area contributed by atoms with Gasteiger partial charge >= 0.3 is 0 Å². The first-order chi connectivity index (χ1) is 7.59. The molecule has 0 radical (unpaired) electrons. The largest absolute Gasteiger partial charge is 0.507 e. The number of rotatable bonds is 1. The Balaban J connectivity index is 2.65. The minimum atomic E-state index is -0.433. The van der Waals surface area contributed by atoms with Crippen LogP contribution in [0.15, 0.2) is 40.9 Å². The average molecular weight is 302 g/mol. The second kappa shape index (κ2) is 4.44. The Labute approximate surface area is 106 Å². The van der Waals surface area contributed by atoms with Crippen LogP contribution in [0.3, 0.4) is 0 Å². The molecule has 0 bridgehead atoms. The Hall–Kier alpha value is -1.06. The molecule has 0 aromatic heterocycles. The lowest BCUT2D eigenvalue weighted by Crippen LogP contribution is -1.86. The zero-order valence-electron chi connectivity index (χ0n) is 8.05. The van der Waals surface area contributed by atoms with Crippen molar-refractivity contribution in [2.75, 3.05) is 0 Å². The van der Waals surface area contributed by atoms with E-state index < -0.39 is 5.82 Å². The van der Waals surface area contributed by atoms with E-state index in [4.69, 9.17) is 11.6 Å². The van der Waals surface area contributed by atoms with E-state index in [0.29, 0.717) is 15.1 Å². The molecule has 2 aromatic rings. The monoisotopic (exact) mass is 300 g/mol. The lowest BCUT2D eigenvalue weighted by molar-refractivity contribution is 0.476. The van der Waals surface area contributed by atoms with Gasteiger partial charge in [0.2, 0.25) is 0 Å². The van der Waals surface area contributed by atoms with Crippen molar-refractivity contribution < 1.29 is 9.50 Å². The highest BCUT2D eigenvalue weighted by molar-refractivity contribution is 9.10. The highest BCUT2D eigenvalue weighted by atomic mass is 79.9. The maximum absolute atomic E-state index is 13.7. The molecule has 4 heteroatoms. The molecule has 0 amide bonds. The molecule has 1 nitrogen and oxygen atoms in total. The molecule has 0 aliphatic rings. The number of hydrogen-bond donors (Lipinski definition) is 1. The molecule has 0 fully saturated rings. The van der Waals surface area contributed by atoms with Gasteiger partial charge in [-0.1, -0.05) is 29.8 Å². The van der Waals surface area contributed by atoms with Gasteiger partial charge in [-0.15, -0.1) is 0 Å². The van der Waals surface area contributed by atoms with Gasteiger partial charge < -0.3 is 5.11 Å². The summed E-state index contributed by atoms with van der Waals surface area (Å²) in [5.74, 6) is -0.405. The highest BCUT2D eigenvalue weighted by Gasteiger charge is 2.11. The van der Waals surface area contributed by atoms with E-state index in [2.05, 4.69) is 15.9 Å². The molecule has 0 saturated heterocycles. The second-order valence-corrected chi connectivity index (χ2v) is 4.52. The molecule has 0 saturated carbocycles. The van der Waals surface area contributed by atoms with Crippen molar-refractivity contribution in [3.63, 3.8) is 0 Å². The first-order valence-corrected chi connectivity index (χ1v) is 5.69. The van der Waals surface area contributed by atoms with E-state index in [-0.39, 0.29) is 11.3 Å². The van der Waals surface area contributed by atoms with Crippen LogP contribution in [0.5, 0.6) is 5.75 Å². The van der Waals surface area contributed by atoms with Crippen LogP contribution in [0.4, 0.5) is 4.39 Å². The summed E-state index contributed by atoms with van der Waals surface area (Å²) in [6.45, 7) is 0. The first-order valence-electron chi connectivity index (χ1n) is 4.52. The molecule has 0 unspecified atom stereocenters. The summed E-state index contributed by atoms with van der Waals surface area (Å²) in [5, 5.41) is 10.0. The van der Waals surface area contributed by atoms with E-state index in [1.165, 1.54) is 18.2 Å². The summed E-state index contributed by atoms with van der Waals surface area (Å²) < 4.78 is 14.2. The van der Waals surface area contributed by atoms with Gasteiger partial charge in [0.15, 0.2) is 0 Å². The number of aromatic hydroxyl groups is 1. The summed E-state index contributed by atoms with van der Waals surface area (Å²) in [6, 6.07) is 9.31. The number of hydrogen-bond acceptors (Lipinski definition) is 1. The fourth-order valence-electron chi connectivity index (χ4n) is 1.43. The summed E-state index contributed by atoms with van der Waals surface area (Å²) in [5.41, 5.74) is 0.709. The van der Waals surface area contributed by atoms with Gasteiger partial charge in [-0.25, -0.2) is 4.39 Å². The van der Waals surface area contributed by atoms with Gasteiger partial charge in [-0.05, 0) is 34.1 Å². The van der Waals surface area contributed by atoms with Gasteiger partial charge in [0.1, 0.15) is 11.6 Å². The van der Waals surface area contributed by atoms with Crippen LogP contribution >= 0.6 is 27.5 Å². The molecule has 2 aromatic carbocycles. The van der Waals surface area contributed by atoms with E-state index >= 15 is 0 Å². The normalized spacial score (nSPS) is 10.4. The fraction of sp³-hybridized carbons (Fsp3) is 0. The van der Waals surface area contributed by atoms with Crippen LogP contribution in [0.1, 0.15) is 0 Å². The maximum atomic E-state index is 13.7. The molecule has 2 rings (SSSR count). The predicted molar refractivity (Wildman–Crippen MR) is 66.2 cm³/mol. The van der Waals surface area contributed by atoms with Crippen molar-refractivity contribution in [3.05, 3.63) is 51.7 Å². The Morgan fingerprint density at radius 3 is 2.50 bits per heavy atom. The summed E-state index contributed by atoms with van der Waals surface area (Å²) in [6.07, 6.45) is 0. The standard InChI is InChI=1S/C12H7BrClFO/c13-9-6-11(15)8(5-10(9)14)7-3-1-2-4-12(7)16/h1-6,16H. The van der Waals surface area contributed by atoms with Gasteiger partial charge in [0.05, 0.1) is 5.02 Å². The molecule has 0 heterocycles. The van der Waals surface area contributed by atoms with E-state index in [9.17, 15) is 9.50 Å². The van der Waals surface area contributed by atoms with Crippen molar-refractivity contribution in [1.29, 1.82) is 0 Å². The van der Waals surface area contributed by atoms with Crippen LogP contribution in [-0.2, 0) is 0 Å². The lowest BCUT2D eigenvalue weighted by atomic mass is 10.0. The zero-order chi connectivity index (χ0) is 11.7. The summed E-state index contributed by atoms with van der Waals surface area (Å²) >= 11 is 9.03. The van der Waals surface area contributed by atoms with Crippen LogP contribution in [0.25, 0.3) is 11.1 Å². The van der Waals surface area contributed by atoms with Crippen LogP contribution in [0, 0.1) is 5.82 Å². The number of para-hydroxylation sites is 1. The van der Waals surface area contributed by atoms with E-state index in [1.54, 1.807) is 18.2 Å². The van der Waals surface area contributed by atoms with Crippen LogP contribution in [0.2, 0.25) is 5.02 Å². The molecule has 16 heavy (non-hydrogen) atoms. The van der Waals surface area contributed by atoms with Crippen molar-refractivity contribution in [2.24, 2.45) is 0 Å². The third-order valence-corrected chi connectivity index (χ3v) is 3.40. The maximum Gasteiger partial charge on any atom is 0.132 e. The number of phenols is 1. The first kappa shape index (κ1) is 11.4. The van der Waals surface area contributed by atoms with Crippen LogP contribution in [-0.4, -0.2) is 5.11 Å². The van der Waals surface area contributed by atoms with Crippen molar-refractivity contribution in [1.82, 2.24) is 0 Å². The van der Waals surface area contributed by atoms with E-state index in [1.807, 2.05) is 0 Å². The van der Waals surface area contributed by atoms with Crippen molar-refractivity contribution in [2.45, 2.75) is 0 Å². The minimum Gasteiger partial charge on any atom is -0.507 e. The van der Waals surface area contributed by atoms with Crippen LogP contribution < -0.4 is 0 Å². The summed E-state index contributed by atoms with van der Waals surface area (Å²) in [7, 11) is 0. The Morgan fingerprint density at radius 2 is 1.81 bits per heavy atom. The number of halogens is 3. The number of phenolic OH excluding ortho intramolecular Hbond substituents is 1. The second-order valence-electron chi connectivity index (χ2n) is 3.26. The van der Waals surface area contributed by atoms with Crippen molar-refractivity contribution in [3.8, 4) is 16.9 Å². The molecule has 1 N–H and O–H groups in total. The van der Waals surface area contributed by atoms with Gasteiger partial charge in [-0.3, -0.25) is 0 Å². The summed E-state index contributed by atoms with van der Waals surface area (Å²) in [4.78, 5) is 0. The molecule has 0 aliphatic carbocycles. The Morgan fingerprint density at radius 1 is 1.12 bits per heavy atom. The van der Waals surface area contributed by atoms with Gasteiger partial charge in [-0.2, -0.15) is 0 Å². The fourth-order valence-corrected chi connectivity index (χ4v) is 1.91. The SMILES string of the molecule is Oc1ccccc1-c1cc(Cl)c(Br)cc1F. The topological polar surface area (TPSA) is 20.2 Å². The number of benzene rings is 2. The highest BCUT2D eigenvalue weighted by Crippen LogP contribution is 2.35. The van der Waals surface area contributed by atoms with Gasteiger partial charge in [0.25, 0.3) is 0 Å².